The summed E-state index contributed by atoms with van der Waals surface area (Å²) in [6.45, 7) is 0. The SMILES string of the molecule is CN(C)C(SCc1ccccc1)C(NC(=O)CCCS)C(=O)O. The van der Waals surface area contributed by atoms with Crippen LogP contribution >= 0.6 is 24.4 Å². The quantitative estimate of drug-likeness (QED) is 0.442. The van der Waals surface area contributed by atoms with Crippen molar-refractivity contribution < 1.29 is 14.7 Å². The molecule has 0 radical (unpaired) electrons. The first kappa shape index (κ1) is 19.9. The lowest BCUT2D eigenvalue weighted by Gasteiger charge is -2.30. The normalized spacial score (nSPS) is 13.6. The van der Waals surface area contributed by atoms with Gasteiger partial charge in [-0.3, -0.25) is 9.69 Å². The number of thioether (sulfide) groups is 1. The second kappa shape index (κ2) is 10.6. The molecule has 1 amide bonds. The Hall–Kier alpha value is -1.18. The van der Waals surface area contributed by atoms with Gasteiger partial charge in [-0.2, -0.15) is 12.6 Å². The summed E-state index contributed by atoms with van der Waals surface area (Å²) in [6, 6.07) is 8.90. The first-order chi connectivity index (χ1) is 11.0. The highest BCUT2D eigenvalue weighted by atomic mass is 32.2. The van der Waals surface area contributed by atoms with E-state index < -0.39 is 12.0 Å². The molecule has 1 aromatic rings. The van der Waals surface area contributed by atoms with Crippen LogP contribution < -0.4 is 5.32 Å². The number of benzene rings is 1. The summed E-state index contributed by atoms with van der Waals surface area (Å²) in [6.07, 6.45) is 0.919. The molecular weight excluding hydrogens is 332 g/mol. The minimum Gasteiger partial charge on any atom is -0.480 e. The maximum Gasteiger partial charge on any atom is 0.328 e. The Morgan fingerprint density at radius 2 is 1.96 bits per heavy atom. The van der Waals surface area contributed by atoms with E-state index in [1.54, 1.807) is 0 Å². The molecule has 1 rings (SSSR count). The number of carboxylic acid groups (broad SMARTS) is 1. The zero-order valence-electron chi connectivity index (χ0n) is 13.4. The molecule has 0 aromatic heterocycles. The summed E-state index contributed by atoms with van der Waals surface area (Å²) >= 11 is 5.57. The van der Waals surface area contributed by atoms with Gasteiger partial charge in [0.1, 0.15) is 0 Å². The molecule has 0 spiro atoms. The van der Waals surface area contributed by atoms with Crippen LogP contribution in [0.3, 0.4) is 0 Å². The largest absolute Gasteiger partial charge is 0.480 e. The predicted octanol–water partition coefficient (Wildman–Crippen LogP) is 2.09. The van der Waals surface area contributed by atoms with Crippen molar-refractivity contribution in [2.24, 2.45) is 0 Å². The van der Waals surface area contributed by atoms with Crippen molar-refractivity contribution in [3.63, 3.8) is 0 Å². The maximum absolute atomic E-state index is 11.9. The lowest BCUT2D eigenvalue weighted by Crippen LogP contribution is -2.52. The summed E-state index contributed by atoms with van der Waals surface area (Å²) in [5.41, 5.74) is 1.12. The van der Waals surface area contributed by atoms with Crippen molar-refractivity contribution in [1.29, 1.82) is 0 Å². The molecule has 0 saturated carbocycles. The molecule has 0 heterocycles. The zero-order valence-corrected chi connectivity index (χ0v) is 15.1. The molecule has 2 unspecified atom stereocenters. The van der Waals surface area contributed by atoms with E-state index in [-0.39, 0.29) is 17.7 Å². The zero-order chi connectivity index (χ0) is 17.2. The van der Waals surface area contributed by atoms with Crippen LogP contribution in [-0.2, 0) is 15.3 Å². The number of hydrogen-bond acceptors (Lipinski definition) is 5. The highest BCUT2D eigenvalue weighted by Crippen LogP contribution is 2.22. The molecule has 5 nitrogen and oxygen atoms in total. The molecule has 2 N–H and O–H groups in total. The monoisotopic (exact) mass is 356 g/mol. The third-order valence-corrected chi connectivity index (χ3v) is 5.05. The van der Waals surface area contributed by atoms with Crippen LogP contribution in [-0.4, -0.2) is 53.1 Å². The highest BCUT2D eigenvalue weighted by molar-refractivity contribution is 7.99. The second-order valence-electron chi connectivity index (χ2n) is 5.36. The third-order valence-electron chi connectivity index (χ3n) is 3.20. The molecule has 0 bridgehead atoms. The average Bonchev–Trinajstić information content (AvgIpc) is 2.52. The minimum atomic E-state index is -1.02. The van der Waals surface area contributed by atoms with Crippen LogP contribution in [0.2, 0.25) is 0 Å². The van der Waals surface area contributed by atoms with Crippen molar-refractivity contribution in [3.05, 3.63) is 35.9 Å². The Morgan fingerprint density at radius 1 is 1.30 bits per heavy atom. The van der Waals surface area contributed by atoms with Gasteiger partial charge in [-0.25, -0.2) is 4.79 Å². The Kier molecular flexibility index (Phi) is 9.13. The van der Waals surface area contributed by atoms with Crippen LogP contribution in [0.25, 0.3) is 0 Å². The van der Waals surface area contributed by atoms with Gasteiger partial charge in [0, 0.05) is 12.2 Å². The summed E-state index contributed by atoms with van der Waals surface area (Å²) in [4.78, 5) is 25.3. The van der Waals surface area contributed by atoms with Gasteiger partial charge in [0.15, 0.2) is 6.04 Å². The van der Waals surface area contributed by atoms with Gasteiger partial charge in [0.05, 0.1) is 5.37 Å². The summed E-state index contributed by atoms with van der Waals surface area (Å²) in [5.74, 6) is 0.00690. The van der Waals surface area contributed by atoms with Crippen molar-refractivity contribution in [3.8, 4) is 0 Å². The number of carbonyl (C=O) groups excluding carboxylic acids is 1. The lowest BCUT2D eigenvalue weighted by molar-refractivity contribution is -0.142. The number of likely N-dealkylation sites (N-methyl/N-ethyl adjacent to an activating group) is 1. The number of nitrogens with one attached hydrogen (secondary N) is 1. The highest BCUT2D eigenvalue weighted by Gasteiger charge is 2.31. The van der Waals surface area contributed by atoms with E-state index in [9.17, 15) is 14.7 Å². The summed E-state index contributed by atoms with van der Waals surface area (Å²) in [5, 5.41) is 11.8. The predicted molar refractivity (Wildman–Crippen MR) is 97.9 cm³/mol. The van der Waals surface area contributed by atoms with Gasteiger partial charge < -0.3 is 10.4 Å². The lowest BCUT2D eigenvalue weighted by atomic mass is 10.2. The first-order valence-electron chi connectivity index (χ1n) is 7.40. The van der Waals surface area contributed by atoms with Gasteiger partial charge >= 0.3 is 5.97 Å². The van der Waals surface area contributed by atoms with E-state index in [0.717, 1.165) is 5.56 Å². The second-order valence-corrected chi connectivity index (χ2v) is 6.91. The van der Waals surface area contributed by atoms with Crippen LogP contribution in [0, 0.1) is 0 Å². The fraction of sp³-hybridized carbons (Fsp3) is 0.500. The van der Waals surface area contributed by atoms with Gasteiger partial charge in [-0.1, -0.05) is 30.3 Å². The van der Waals surface area contributed by atoms with Gasteiger partial charge in [0.2, 0.25) is 5.91 Å². The number of aliphatic carboxylic acids is 1. The van der Waals surface area contributed by atoms with E-state index in [2.05, 4.69) is 17.9 Å². The molecule has 1 aromatic carbocycles. The Morgan fingerprint density at radius 3 is 2.48 bits per heavy atom. The molecule has 0 saturated heterocycles. The number of carbonyl (C=O) groups is 2. The van der Waals surface area contributed by atoms with Gasteiger partial charge in [-0.05, 0) is 31.8 Å². The Balaban J connectivity index is 2.73. The molecule has 2 atom stereocenters. The molecular formula is C16H24N2O3S2. The smallest absolute Gasteiger partial charge is 0.328 e. The van der Waals surface area contributed by atoms with E-state index in [1.165, 1.54) is 11.8 Å². The third kappa shape index (κ3) is 7.28. The molecule has 0 fully saturated rings. The number of thiol groups is 1. The molecule has 23 heavy (non-hydrogen) atoms. The van der Waals surface area contributed by atoms with E-state index in [0.29, 0.717) is 17.9 Å². The molecule has 128 valence electrons. The van der Waals surface area contributed by atoms with Crippen LogP contribution in [0.4, 0.5) is 0 Å². The van der Waals surface area contributed by atoms with Crippen molar-refractivity contribution in [2.75, 3.05) is 19.8 Å². The number of rotatable bonds is 10. The summed E-state index contributed by atoms with van der Waals surface area (Å²) < 4.78 is 0. The maximum atomic E-state index is 11.9. The van der Waals surface area contributed by atoms with Crippen LogP contribution in [0.15, 0.2) is 30.3 Å². The van der Waals surface area contributed by atoms with Gasteiger partial charge in [0.25, 0.3) is 0 Å². The van der Waals surface area contributed by atoms with E-state index in [4.69, 9.17) is 0 Å². The molecule has 0 aliphatic heterocycles. The molecule has 7 heteroatoms. The van der Waals surface area contributed by atoms with Crippen molar-refractivity contribution >= 4 is 36.3 Å². The van der Waals surface area contributed by atoms with E-state index in [1.807, 2.05) is 49.3 Å². The van der Waals surface area contributed by atoms with Crippen LogP contribution in [0.1, 0.15) is 18.4 Å². The average molecular weight is 357 g/mol. The number of nitrogens with zero attached hydrogens (tertiary/aromatic N) is 1. The van der Waals surface area contributed by atoms with Gasteiger partial charge in [-0.15, -0.1) is 11.8 Å². The standard InChI is InChI=1S/C16H24N2O3S2/c1-18(2)15(23-11-12-7-4-3-5-8-12)14(16(20)21)17-13(19)9-6-10-22/h3-5,7-8,14-15,22H,6,9-11H2,1-2H3,(H,17,19)(H,20,21). The summed E-state index contributed by atoms with van der Waals surface area (Å²) in [7, 11) is 3.64. The molecule has 0 aliphatic carbocycles. The Labute approximate surface area is 147 Å². The van der Waals surface area contributed by atoms with Crippen LogP contribution in [0.5, 0.6) is 0 Å². The van der Waals surface area contributed by atoms with Crippen molar-refractivity contribution in [1.82, 2.24) is 10.2 Å². The van der Waals surface area contributed by atoms with Crippen molar-refractivity contribution in [2.45, 2.75) is 30.0 Å². The number of amides is 1. The van der Waals surface area contributed by atoms with E-state index >= 15 is 0 Å². The first-order valence-corrected chi connectivity index (χ1v) is 9.08. The minimum absolute atomic E-state index is 0.251. The fourth-order valence-corrected chi connectivity index (χ4v) is 3.43. The number of hydrogen-bond donors (Lipinski definition) is 3. The fourth-order valence-electron chi connectivity index (χ4n) is 2.04. The Bertz CT molecular complexity index is 497. The topological polar surface area (TPSA) is 69.6 Å². The number of carboxylic acids is 1. The molecule has 0 aliphatic rings.